The number of aromatic nitrogens is 2. The van der Waals surface area contributed by atoms with Gasteiger partial charge in [0.15, 0.2) is 12.4 Å². The summed E-state index contributed by atoms with van der Waals surface area (Å²) in [7, 11) is 0. The van der Waals surface area contributed by atoms with E-state index >= 15 is 0 Å². The number of pyridine rings is 1. The highest BCUT2D eigenvalue weighted by atomic mass is 14.7. The number of nitrogens with one attached hydrogen (secondary N) is 2. The highest BCUT2D eigenvalue weighted by molar-refractivity contribution is 6.19. The SMILES string of the molecule is c1ccc2c(c1)[nH]c1ccc3c[nH+]ccc3c12. The van der Waals surface area contributed by atoms with Gasteiger partial charge in [0.2, 0.25) is 0 Å². The van der Waals surface area contributed by atoms with Crippen LogP contribution >= 0.6 is 0 Å². The number of aromatic amines is 2. The van der Waals surface area contributed by atoms with Crippen LogP contribution in [0.1, 0.15) is 0 Å². The minimum absolute atomic E-state index is 1.20. The van der Waals surface area contributed by atoms with Crippen LogP contribution in [0.25, 0.3) is 32.6 Å². The molecule has 2 nitrogen and oxygen atoms in total. The van der Waals surface area contributed by atoms with Crippen LogP contribution in [0.4, 0.5) is 0 Å². The van der Waals surface area contributed by atoms with Gasteiger partial charge in [-0.05, 0) is 18.2 Å². The first-order valence-electron chi connectivity index (χ1n) is 5.73. The number of hydrogen-bond acceptors (Lipinski definition) is 0. The van der Waals surface area contributed by atoms with Crippen LogP contribution in [-0.2, 0) is 0 Å². The van der Waals surface area contributed by atoms with E-state index in [1.165, 1.54) is 32.6 Å². The number of benzene rings is 2. The predicted molar refractivity (Wildman–Crippen MR) is 69.9 cm³/mol. The number of rotatable bonds is 0. The number of H-pyrrole nitrogens is 2. The number of para-hydroxylation sites is 1. The lowest BCUT2D eigenvalue weighted by atomic mass is 10.1. The van der Waals surface area contributed by atoms with E-state index in [-0.39, 0.29) is 0 Å². The van der Waals surface area contributed by atoms with Gasteiger partial charge in [0.25, 0.3) is 0 Å². The molecule has 2 N–H and O–H groups in total. The maximum absolute atomic E-state index is 3.46. The molecule has 2 aromatic heterocycles. The molecule has 0 unspecified atom stereocenters. The smallest absolute Gasteiger partial charge is 0.174 e. The summed E-state index contributed by atoms with van der Waals surface area (Å²) in [5.74, 6) is 0. The molecular weight excluding hydrogens is 208 g/mol. The molecule has 0 saturated heterocycles. The minimum Gasteiger partial charge on any atom is -0.354 e. The summed E-state index contributed by atoms with van der Waals surface area (Å²) in [6, 6.07) is 14.9. The van der Waals surface area contributed by atoms with Gasteiger partial charge in [-0.25, -0.2) is 4.98 Å². The molecular formula is C15H11N2+. The Morgan fingerprint density at radius 2 is 1.76 bits per heavy atom. The molecule has 0 aliphatic rings. The quantitative estimate of drug-likeness (QED) is 0.470. The van der Waals surface area contributed by atoms with E-state index in [1.807, 2.05) is 12.4 Å². The first-order valence-corrected chi connectivity index (χ1v) is 5.73. The van der Waals surface area contributed by atoms with E-state index < -0.39 is 0 Å². The summed E-state index contributed by atoms with van der Waals surface area (Å²) >= 11 is 0. The molecule has 0 fully saturated rings. The Bertz CT molecular complexity index is 837. The highest BCUT2D eigenvalue weighted by Gasteiger charge is 2.07. The molecule has 0 bridgehead atoms. The molecule has 0 saturated carbocycles. The topological polar surface area (TPSA) is 29.9 Å². The molecule has 80 valence electrons. The second kappa shape index (κ2) is 3.08. The van der Waals surface area contributed by atoms with Gasteiger partial charge in [-0.2, -0.15) is 0 Å². The Labute approximate surface area is 97.9 Å². The number of hydrogen-bond donors (Lipinski definition) is 1. The van der Waals surface area contributed by atoms with Crippen LogP contribution in [0.5, 0.6) is 0 Å². The minimum atomic E-state index is 1.20. The summed E-state index contributed by atoms with van der Waals surface area (Å²) in [6.07, 6.45) is 4.01. The maximum Gasteiger partial charge on any atom is 0.174 e. The summed E-state index contributed by atoms with van der Waals surface area (Å²) in [5.41, 5.74) is 2.40. The van der Waals surface area contributed by atoms with Gasteiger partial charge in [0.1, 0.15) is 0 Å². The van der Waals surface area contributed by atoms with Crippen molar-refractivity contribution in [2.24, 2.45) is 0 Å². The first-order chi connectivity index (χ1) is 8.43. The first kappa shape index (κ1) is 8.76. The van der Waals surface area contributed by atoms with Crippen LogP contribution in [0.3, 0.4) is 0 Å². The van der Waals surface area contributed by atoms with Gasteiger partial charge in [-0.15, -0.1) is 0 Å². The summed E-state index contributed by atoms with van der Waals surface area (Å²) in [5, 5.41) is 5.13. The van der Waals surface area contributed by atoms with E-state index in [1.54, 1.807) is 0 Å². The molecule has 0 aliphatic carbocycles. The fourth-order valence-corrected chi connectivity index (χ4v) is 2.56. The summed E-state index contributed by atoms with van der Waals surface area (Å²) in [6.45, 7) is 0. The molecule has 0 aliphatic heterocycles. The molecule has 0 atom stereocenters. The van der Waals surface area contributed by atoms with Crippen LogP contribution in [0.15, 0.2) is 54.9 Å². The molecule has 4 rings (SSSR count). The highest BCUT2D eigenvalue weighted by Crippen LogP contribution is 2.30. The van der Waals surface area contributed by atoms with Crippen LogP contribution in [0.2, 0.25) is 0 Å². The molecule has 2 aromatic carbocycles. The van der Waals surface area contributed by atoms with Crippen molar-refractivity contribution in [2.45, 2.75) is 0 Å². The van der Waals surface area contributed by atoms with E-state index in [4.69, 9.17) is 0 Å². The lowest BCUT2D eigenvalue weighted by Gasteiger charge is -1.96. The molecule has 0 radical (unpaired) electrons. The molecule has 4 aromatic rings. The largest absolute Gasteiger partial charge is 0.354 e. The Kier molecular flexibility index (Phi) is 1.59. The van der Waals surface area contributed by atoms with Gasteiger partial charge in [-0.1, -0.05) is 18.2 Å². The molecule has 0 spiro atoms. The van der Waals surface area contributed by atoms with Crippen LogP contribution in [-0.4, -0.2) is 4.98 Å². The zero-order valence-corrected chi connectivity index (χ0v) is 9.20. The third-order valence-corrected chi connectivity index (χ3v) is 3.33. The van der Waals surface area contributed by atoms with Crippen molar-refractivity contribution in [3.05, 3.63) is 54.9 Å². The molecule has 2 heterocycles. The normalized spacial score (nSPS) is 11.5. The van der Waals surface area contributed by atoms with Gasteiger partial charge < -0.3 is 4.98 Å². The lowest BCUT2D eigenvalue weighted by Crippen LogP contribution is -1.97. The molecule has 2 heteroatoms. The average Bonchev–Trinajstić information content (AvgIpc) is 2.77. The van der Waals surface area contributed by atoms with Gasteiger partial charge in [0, 0.05) is 38.6 Å². The average molecular weight is 219 g/mol. The van der Waals surface area contributed by atoms with Gasteiger partial charge in [0.05, 0.1) is 0 Å². The zero-order chi connectivity index (χ0) is 11.2. The molecule has 0 amide bonds. The van der Waals surface area contributed by atoms with Crippen molar-refractivity contribution in [3.8, 4) is 0 Å². The fourth-order valence-electron chi connectivity index (χ4n) is 2.56. The van der Waals surface area contributed by atoms with Crippen molar-refractivity contribution in [1.29, 1.82) is 0 Å². The molecule has 17 heavy (non-hydrogen) atoms. The Hall–Kier alpha value is -2.35. The summed E-state index contributed by atoms with van der Waals surface area (Å²) in [4.78, 5) is 6.59. The Morgan fingerprint density at radius 3 is 2.76 bits per heavy atom. The van der Waals surface area contributed by atoms with E-state index in [2.05, 4.69) is 52.4 Å². The third kappa shape index (κ3) is 1.12. The Morgan fingerprint density at radius 1 is 0.824 bits per heavy atom. The Balaban J connectivity index is 2.38. The van der Waals surface area contributed by atoms with E-state index in [0.717, 1.165) is 0 Å². The fraction of sp³-hybridized carbons (Fsp3) is 0. The number of fused-ring (bicyclic) bond motifs is 5. The predicted octanol–water partition coefficient (Wildman–Crippen LogP) is 3.29. The van der Waals surface area contributed by atoms with Crippen molar-refractivity contribution in [3.63, 3.8) is 0 Å². The van der Waals surface area contributed by atoms with Crippen molar-refractivity contribution < 1.29 is 4.98 Å². The van der Waals surface area contributed by atoms with Crippen LogP contribution in [0, 0.1) is 0 Å². The van der Waals surface area contributed by atoms with Crippen molar-refractivity contribution in [2.75, 3.05) is 0 Å². The van der Waals surface area contributed by atoms with E-state index in [9.17, 15) is 0 Å². The van der Waals surface area contributed by atoms with Crippen molar-refractivity contribution >= 4 is 32.6 Å². The van der Waals surface area contributed by atoms with Gasteiger partial charge >= 0.3 is 0 Å². The standard InChI is InChI=1S/C15H10N2/c1-2-4-13-12(3-1)15-11-7-8-16-9-10(11)5-6-14(15)17-13/h1-9,17H/p+1. The second-order valence-corrected chi connectivity index (χ2v) is 4.31. The maximum atomic E-state index is 3.46. The van der Waals surface area contributed by atoms with Gasteiger partial charge in [-0.3, -0.25) is 0 Å². The third-order valence-electron chi connectivity index (χ3n) is 3.33. The summed E-state index contributed by atoms with van der Waals surface area (Å²) < 4.78 is 0. The zero-order valence-electron chi connectivity index (χ0n) is 9.20. The van der Waals surface area contributed by atoms with Crippen molar-refractivity contribution in [1.82, 2.24) is 4.98 Å². The van der Waals surface area contributed by atoms with Crippen LogP contribution < -0.4 is 4.98 Å². The monoisotopic (exact) mass is 219 g/mol. The second-order valence-electron chi connectivity index (χ2n) is 4.31. The lowest BCUT2D eigenvalue weighted by molar-refractivity contribution is -0.375. The van der Waals surface area contributed by atoms with E-state index in [0.29, 0.717) is 0 Å².